The number of ether oxygens (including phenoxy) is 2. The molecule has 0 aliphatic carbocycles. The van der Waals surface area contributed by atoms with Crippen LogP contribution in [0.25, 0.3) is 0 Å². The van der Waals surface area contributed by atoms with Gasteiger partial charge < -0.3 is 19.2 Å². The average Bonchev–Trinajstić information content (AvgIpc) is 2.85. The van der Waals surface area contributed by atoms with E-state index in [1.807, 2.05) is 12.1 Å². The third-order valence-electron chi connectivity index (χ3n) is 2.73. The van der Waals surface area contributed by atoms with Crippen molar-refractivity contribution in [2.75, 3.05) is 33.5 Å². The fraction of sp³-hybridized carbons (Fsp3) is 0.714. The van der Waals surface area contributed by atoms with Crippen LogP contribution in [0.1, 0.15) is 25.5 Å². The van der Waals surface area contributed by atoms with E-state index in [0.717, 1.165) is 38.2 Å². The van der Waals surface area contributed by atoms with E-state index in [2.05, 4.69) is 12.2 Å². The van der Waals surface area contributed by atoms with E-state index < -0.39 is 0 Å². The number of methoxy groups -OCH3 is 1. The van der Waals surface area contributed by atoms with Gasteiger partial charge in [-0.3, -0.25) is 0 Å². The summed E-state index contributed by atoms with van der Waals surface area (Å²) in [7, 11) is 1.69. The summed E-state index contributed by atoms with van der Waals surface area (Å²) >= 11 is 0. The molecule has 1 unspecified atom stereocenters. The first-order chi connectivity index (χ1) is 8.83. The minimum absolute atomic E-state index is 0.450. The van der Waals surface area contributed by atoms with Crippen LogP contribution in [-0.2, 0) is 15.9 Å². The van der Waals surface area contributed by atoms with Crippen LogP contribution in [0.3, 0.4) is 0 Å². The van der Waals surface area contributed by atoms with E-state index in [-0.39, 0.29) is 0 Å². The zero-order chi connectivity index (χ0) is 13.1. The second kappa shape index (κ2) is 10.1. The molecule has 4 heteroatoms. The first-order valence-corrected chi connectivity index (χ1v) is 6.65. The predicted octanol–water partition coefficient (Wildman–Crippen LogP) is 2.24. The normalized spacial score (nSPS) is 12.8. The molecule has 0 fully saturated rings. The summed E-state index contributed by atoms with van der Waals surface area (Å²) < 4.78 is 15.6. The van der Waals surface area contributed by atoms with E-state index in [9.17, 15) is 0 Å². The maximum absolute atomic E-state index is 5.40. The Labute approximate surface area is 110 Å². The second-order valence-electron chi connectivity index (χ2n) is 4.45. The smallest absolute Gasteiger partial charge is 0.105 e. The highest BCUT2D eigenvalue weighted by Crippen LogP contribution is 2.03. The maximum atomic E-state index is 5.40. The van der Waals surface area contributed by atoms with Gasteiger partial charge >= 0.3 is 0 Å². The van der Waals surface area contributed by atoms with Crippen molar-refractivity contribution in [2.45, 2.75) is 32.2 Å². The molecule has 1 aromatic rings. The Morgan fingerprint density at radius 2 is 2.17 bits per heavy atom. The lowest BCUT2D eigenvalue weighted by Crippen LogP contribution is -2.29. The topological polar surface area (TPSA) is 43.6 Å². The molecule has 0 amide bonds. The number of rotatable bonds is 11. The highest BCUT2D eigenvalue weighted by Gasteiger charge is 2.04. The van der Waals surface area contributed by atoms with Crippen molar-refractivity contribution in [1.82, 2.24) is 5.32 Å². The fourth-order valence-corrected chi connectivity index (χ4v) is 1.72. The van der Waals surface area contributed by atoms with Gasteiger partial charge in [-0.2, -0.15) is 0 Å². The van der Waals surface area contributed by atoms with Gasteiger partial charge in [-0.05, 0) is 38.4 Å². The summed E-state index contributed by atoms with van der Waals surface area (Å²) in [5.41, 5.74) is 0. The van der Waals surface area contributed by atoms with Crippen LogP contribution in [0.2, 0.25) is 0 Å². The number of furan rings is 1. The Hall–Kier alpha value is -0.840. The zero-order valence-electron chi connectivity index (χ0n) is 11.5. The summed E-state index contributed by atoms with van der Waals surface area (Å²) in [5.74, 6) is 1.04. The molecule has 0 aliphatic heterocycles. The van der Waals surface area contributed by atoms with Crippen LogP contribution in [0.4, 0.5) is 0 Å². The van der Waals surface area contributed by atoms with Crippen LogP contribution < -0.4 is 5.32 Å². The van der Waals surface area contributed by atoms with Crippen molar-refractivity contribution < 1.29 is 13.9 Å². The quantitative estimate of drug-likeness (QED) is 0.616. The first kappa shape index (κ1) is 15.2. The van der Waals surface area contributed by atoms with E-state index in [4.69, 9.17) is 13.9 Å². The van der Waals surface area contributed by atoms with Gasteiger partial charge in [0.2, 0.25) is 0 Å². The Kier molecular flexibility index (Phi) is 8.55. The van der Waals surface area contributed by atoms with E-state index >= 15 is 0 Å². The molecule has 1 aromatic heterocycles. The van der Waals surface area contributed by atoms with Crippen molar-refractivity contribution in [3.8, 4) is 0 Å². The molecule has 0 aliphatic rings. The van der Waals surface area contributed by atoms with Crippen LogP contribution >= 0.6 is 0 Å². The molecule has 0 aromatic carbocycles. The summed E-state index contributed by atoms with van der Waals surface area (Å²) in [6.45, 7) is 5.39. The second-order valence-corrected chi connectivity index (χ2v) is 4.45. The molecular weight excluding hydrogens is 230 g/mol. The maximum Gasteiger partial charge on any atom is 0.105 e. The van der Waals surface area contributed by atoms with Crippen LogP contribution in [-0.4, -0.2) is 39.5 Å². The van der Waals surface area contributed by atoms with Crippen LogP contribution in [0, 0.1) is 0 Å². The molecule has 1 heterocycles. The molecule has 0 radical (unpaired) electrons. The van der Waals surface area contributed by atoms with Gasteiger partial charge in [0.25, 0.3) is 0 Å². The van der Waals surface area contributed by atoms with Gasteiger partial charge in [0.1, 0.15) is 5.76 Å². The summed E-state index contributed by atoms with van der Waals surface area (Å²) in [6.07, 6.45) is 4.89. The third-order valence-corrected chi connectivity index (χ3v) is 2.73. The standard InChI is InChI=1S/C14H25NO3/c1-13(12-14-6-5-9-18-14)15-7-3-4-8-17-11-10-16-2/h5-6,9,13,15H,3-4,7-8,10-12H2,1-2H3. The molecule has 1 atom stereocenters. The average molecular weight is 255 g/mol. The summed E-state index contributed by atoms with van der Waals surface area (Å²) in [4.78, 5) is 0. The minimum Gasteiger partial charge on any atom is -0.469 e. The Morgan fingerprint density at radius 3 is 2.89 bits per heavy atom. The monoisotopic (exact) mass is 255 g/mol. The highest BCUT2D eigenvalue weighted by atomic mass is 16.5. The van der Waals surface area contributed by atoms with Gasteiger partial charge in [0, 0.05) is 26.2 Å². The fourth-order valence-electron chi connectivity index (χ4n) is 1.72. The number of nitrogens with one attached hydrogen (secondary N) is 1. The number of hydrogen-bond donors (Lipinski definition) is 1. The van der Waals surface area contributed by atoms with E-state index in [1.165, 1.54) is 0 Å². The molecule has 0 saturated carbocycles. The molecule has 0 bridgehead atoms. The minimum atomic E-state index is 0.450. The van der Waals surface area contributed by atoms with Crippen molar-refractivity contribution in [2.24, 2.45) is 0 Å². The van der Waals surface area contributed by atoms with Crippen LogP contribution in [0.5, 0.6) is 0 Å². The predicted molar refractivity (Wildman–Crippen MR) is 71.8 cm³/mol. The number of hydrogen-bond acceptors (Lipinski definition) is 4. The summed E-state index contributed by atoms with van der Waals surface area (Å²) in [6, 6.07) is 4.40. The van der Waals surface area contributed by atoms with Gasteiger partial charge in [-0.15, -0.1) is 0 Å². The molecular formula is C14H25NO3. The molecule has 4 nitrogen and oxygen atoms in total. The van der Waals surface area contributed by atoms with Gasteiger partial charge in [0.15, 0.2) is 0 Å². The van der Waals surface area contributed by atoms with Gasteiger partial charge in [-0.25, -0.2) is 0 Å². The molecule has 1 rings (SSSR count). The molecule has 0 saturated heterocycles. The third kappa shape index (κ3) is 7.48. The van der Waals surface area contributed by atoms with Crippen molar-refractivity contribution >= 4 is 0 Å². The van der Waals surface area contributed by atoms with Crippen LogP contribution in [0.15, 0.2) is 22.8 Å². The van der Waals surface area contributed by atoms with Crippen molar-refractivity contribution in [3.63, 3.8) is 0 Å². The largest absolute Gasteiger partial charge is 0.469 e. The SMILES string of the molecule is COCCOCCCCNC(C)Cc1ccco1. The lowest BCUT2D eigenvalue weighted by atomic mass is 10.2. The van der Waals surface area contributed by atoms with Gasteiger partial charge in [-0.1, -0.05) is 0 Å². The lowest BCUT2D eigenvalue weighted by Gasteiger charge is -2.12. The van der Waals surface area contributed by atoms with Crippen molar-refractivity contribution in [1.29, 1.82) is 0 Å². The first-order valence-electron chi connectivity index (χ1n) is 6.65. The molecule has 1 N–H and O–H groups in total. The van der Waals surface area contributed by atoms with Crippen molar-refractivity contribution in [3.05, 3.63) is 24.2 Å². The Morgan fingerprint density at radius 1 is 1.28 bits per heavy atom. The molecule has 18 heavy (non-hydrogen) atoms. The Bertz CT molecular complexity index is 275. The lowest BCUT2D eigenvalue weighted by molar-refractivity contribution is 0.0687. The molecule has 0 spiro atoms. The highest BCUT2D eigenvalue weighted by molar-refractivity contribution is 4.99. The summed E-state index contributed by atoms with van der Waals surface area (Å²) in [5, 5.41) is 3.48. The Balaban J connectivity index is 1.88. The van der Waals surface area contributed by atoms with E-state index in [1.54, 1.807) is 13.4 Å². The number of unbranched alkanes of at least 4 members (excludes halogenated alkanes) is 1. The zero-order valence-corrected chi connectivity index (χ0v) is 11.5. The molecule has 104 valence electrons. The van der Waals surface area contributed by atoms with Gasteiger partial charge in [0.05, 0.1) is 19.5 Å². The van der Waals surface area contributed by atoms with E-state index in [0.29, 0.717) is 19.3 Å².